The summed E-state index contributed by atoms with van der Waals surface area (Å²) in [6.45, 7) is 1.97. The smallest absolute Gasteiger partial charge is 0.138 e. The Bertz CT molecular complexity index is 298. The maximum absolute atomic E-state index is 11.5. The molecule has 0 aliphatic carbocycles. The van der Waals surface area contributed by atoms with Crippen molar-refractivity contribution in [3.05, 3.63) is 30.1 Å². The highest BCUT2D eigenvalue weighted by atomic mass is 16.5. The van der Waals surface area contributed by atoms with Crippen LogP contribution in [-0.4, -0.2) is 24.0 Å². The van der Waals surface area contributed by atoms with Gasteiger partial charge in [-0.3, -0.25) is 9.78 Å². The standard InChI is InChI=1S/C12H17NO2/c1-10(15-2)6-7-12(14)9-11-5-3-4-8-13-11/h3-5,8,10H,6-7,9H2,1-2H3. The lowest BCUT2D eigenvalue weighted by Gasteiger charge is -2.07. The number of hydrogen-bond acceptors (Lipinski definition) is 3. The van der Waals surface area contributed by atoms with E-state index in [4.69, 9.17) is 4.74 Å². The van der Waals surface area contributed by atoms with Crippen LogP contribution in [0.3, 0.4) is 0 Å². The van der Waals surface area contributed by atoms with Gasteiger partial charge >= 0.3 is 0 Å². The predicted octanol–water partition coefficient (Wildman–Crippen LogP) is 2.01. The first-order valence-corrected chi connectivity index (χ1v) is 5.16. The van der Waals surface area contributed by atoms with E-state index in [2.05, 4.69) is 4.98 Å². The summed E-state index contributed by atoms with van der Waals surface area (Å²) in [6.07, 6.45) is 3.63. The van der Waals surface area contributed by atoms with Crippen molar-refractivity contribution in [2.24, 2.45) is 0 Å². The molecule has 0 saturated heterocycles. The molecule has 1 aromatic heterocycles. The average molecular weight is 207 g/mol. The monoisotopic (exact) mass is 207 g/mol. The number of ether oxygens (including phenoxy) is 1. The molecule has 1 aromatic rings. The molecule has 0 fully saturated rings. The van der Waals surface area contributed by atoms with Gasteiger partial charge in [-0.15, -0.1) is 0 Å². The number of carbonyl (C=O) groups excluding carboxylic acids is 1. The quantitative estimate of drug-likeness (QED) is 0.716. The van der Waals surface area contributed by atoms with E-state index in [9.17, 15) is 4.79 Å². The second-order valence-corrected chi connectivity index (χ2v) is 3.62. The Balaban J connectivity index is 2.31. The summed E-state index contributed by atoms with van der Waals surface area (Å²) < 4.78 is 5.08. The number of aromatic nitrogens is 1. The lowest BCUT2D eigenvalue weighted by Crippen LogP contribution is -2.10. The highest BCUT2D eigenvalue weighted by Gasteiger charge is 2.07. The van der Waals surface area contributed by atoms with E-state index in [1.165, 1.54) is 0 Å². The molecular formula is C12H17NO2. The molecule has 3 nitrogen and oxygen atoms in total. The van der Waals surface area contributed by atoms with Crippen molar-refractivity contribution < 1.29 is 9.53 Å². The molecule has 0 aromatic carbocycles. The Morgan fingerprint density at radius 3 is 2.93 bits per heavy atom. The summed E-state index contributed by atoms with van der Waals surface area (Å²) in [5.41, 5.74) is 0.840. The van der Waals surface area contributed by atoms with Crippen LogP contribution in [0, 0.1) is 0 Å². The Morgan fingerprint density at radius 2 is 2.33 bits per heavy atom. The van der Waals surface area contributed by atoms with Crippen LogP contribution < -0.4 is 0 Å². The summed E-state index contributed by atoms with van der Waals surface area (Å²) in [4.78, 5) is 15.7. The first-order chi connectivity index (χ1) is 7.22. The van der Waals surface area contributed by atoms with Crippen LogP contribution in [0.4, 0.5) is 0 Å². The van der Waals surface area contributed by atoms with Gasteiger partial charge in [-0.1, -0.05) is 6.07 Å². The maximum atomic E-state index is 11.5. The number of rotatable bonds is 6. The minimum atomic E-state index is 0.151. The number of ketones is 1. The number of pyridine rings is 1. The van der Waals surface area contributed by atoms with Crippen molar-refractivity contribution >= 4 is 5.78 Å². The number of methoxy groups -OCH3 is 1. The highest BCUT2D eigenvalue weighted by Crippen LogP contribution is 2.04. The molecule has 0 saturated carbocycles. The molecule has 1 unspecified atom stereocenters. The number of carbonyl (C=O) groups is 1. The van der Waals surface area contributed by atoms with Crippen molar-refractivity contribution in [3.63, 3.8) is 0 Å². The second-order valence-electron chi connectivity index (χ2n) is 3.62. The number of nitrogens with zero attached hydrogens (tertiary/aromatic N) is 1. The van der Waals surface area contributed by atoms with Crippen LogP contribution in [-0.2, 0) is 16.0 Å². The lowest BCUT2D eigenvalue weighted by atomic mass is 10.1. The summed E-state index contributed by atoms with van der Waals surface area (Å²) in [5.74, 6) is 0.220. The third-order valence-electron chi connectivity index (χ3n) is 2.34. The zero-order chi connectivity index (χ0) is 11.1. The van der Waals surface area contributed by atoms with Gasteiger partial charge in [0.1, 0.15) is 5.78 Å². The van der Waals surface area contributed by atoms with Crippen molar-refractivity contribution in [1.82, 2.24) is 4.98 Å². The first-order valence-electron chi connectivity index (χ1n) is 5.16. The van der Waals surface area contributed by atoms with Crippen molar-refractivity contribution in [2.75, 3.05) is 7.11 Å². The minimum absolute atomic E-state index is 0.151. The van der Waals surface area contributed by atoms with E-state index in [0.717, 1.165) is 12.1 Å². The normalized spacial score (nSPS) is 12.4. The molecule has 0 aliphatic heterocycles. The third-order valence-corrected chi connectivity index (χ3v) is 2.34. The molecule has 82 valence electrons. The molecule has 3 heteroatoms. The molecule has 1 heterocycles. The van der Waals surface area contributed by atoms with Gasteiger partial charge in [0.2, 0.25) is 0 Å². The molecule has 15 heavy (non-hydrogen) atoms. The average Bonchev–Trinajstić information content (AvgIpc) is 2.27. The van der Waals surface area contributed by atoms with Crippen molar-refractivity contribution in [3.8, 4) is 0 Å². The fraction of sp³-hybridized carbons (Fsp3) is 0.500. The Morgan fingerprint density at radius 1 is 1.53 bits per heavy atom. The molecule has 1 rings (SSSR count). The summed E-state index contributed by atoms with van der Waals surface area (Å²) in [7, 11) is 1.66. The fourth-order valence-electron chi connectivity index (χ4n) is 1.28. The van der Waals surface area contributed by atoms with Gasteiger partial charge < -0.3 is 4.74 Å². The van der Waals surface area contributed by atoms with Gasteiger partial charge in [0.25, 0.3) is 0 Å². The van der Waals surface area contributed by atoms with E-state index in [1.807, 2.05) is 25.1 Å². The molecule has 0 N–H and O–H groups in total. The number of Topliss-reactive ketones (excluding diaryl/α,β-unsaturated/α-hetero) is 1. The Hall–Kier alpha value is -1.22. The topological polar surface area (TPSA) is 39.2 Å². The van der Waals surface area contributed by atoms with Crippen LogP contribution in [0.1, 0.15) is 25.5 Å². The SMILES string of the molecule is COC(C)CCC(=O)Cc1ccccn1. The molecule has 0 bridgehead atoms. The van der Waals surface area contributed by atoms with Crippen molar-refractivity contribution in [2.45, 2.75) is 32.3 Å². The summed E-state index contributed by atoms with van der Waals surface area (Å²) in [5, 5.41) is 0. The van der Waals surface area contributed by atoms with Crippen LogP contribution in [0.5, 0.6) is 0 Å². The van der Waals surface area contributed by atoms with Crippen LogP contribution in [0.15, 0.2) is 24.4 Å². The summed E-state index contributed by atoms with van der Waals surface area (Å²) >= 11 is 0. The zero-order valence-electron chi connectivity index (χ0n) is 9.27. The van der Waals surface area contributed by atoms with Crippen LogP contribution in [0.2, 0.25) is 0 Å². The second kappa shape index (κ2) is 6.30. The largest absolute Gasteiger partial charge is 0.382 e. The molecule has 0 amide bonds. The first kappa shape index (κ1) is 11.9. The third kappa shape index (κ3) is 4.70. The molecule has 0 spiro atoms. The minimum Gasteiger partial charge on any atom is -0.382 e. The van der Waals surface area contributed by atoms with Gasteiger partial charge in [0.15, 0.2) is 0 Å². The van der Waals surface area contributed by atoms with Gasteiger partial charge in [0.05, 0.1) is 6.10 Å². The highest BCUT2D eigenvalue weighted by molar-refractivity contribution is 5.80. The van der Waals surface area contributed by atoms with Crippen LogP contribution >= 0.6 is 0 Å². The van der Waals surface area contributed by atoms with E-state index >= 15 is 0 Å². The Labute approximate surface area is 90.5 Å². The lowest BCUT2D eigenvalue weighted by molar-refractivity contribution is -0.119. The van der Waals surface area contributed by atoms with Crippen LogP contribution in [0.25, 0.3) is 0 Å². The van der Waals surface area contributed by atoms with E-state index < -0.39 is 0 Å². The molecular weight excluding hydrogens is 190 g/mol. The summed E-state index contributed by atoms with van der Waals surface area (Å²) in [6, 6.07) is 5.62. The predicted molar refractivity (Wildman–Crippen MR) is 58.7 cm³/mol. The molecule has 0 aliphatic rings. The molecule has 0 radical (unpaired) electrons. The van der Waals surface area contributed by atoms with Gasteiger partial charge in [-0.2, -0.15) is 0 Å². The van der Waals surface area contributed by atoms with Gasteiger partial charge in [-0.05, 0) is 25.5 Å². The van der Waals surface area contributed by atoms with E-state index in [0.29, 0.717) is 12.8 Å². The van der Waals surface area contributed by atoms with E-state index in [-0.39, 0.29) is 11.9 Å². The number of hydrogen-bond donors (Lipinski definition) is 0. The zero-order valence-corrected chi connectivity index (χ0v) is 9.27. The maximum Gasteiger partial charge on any atom is 0.138 e. The van der Waals surface area contributed by atoms with Gasteiger partial charge in [0, 0.05) is 31.8 Å². The molecule has 1 atom stereocenters. The van der Waals surface area contributed by atoms with Gasteiger partial charge in [-0.25, -0.2) is 0 Å². The van der Waals surface area contributed by atoms with Crippen molar-refractivity contribution in [1.29, 1.82) is 0 Å². The van der Waals surface area contributed by atoms with E-state index in [1.54, 1.807) is 13.3 Å². The fourth-order valence-corrected chi connectivity index (χ4v) is 1.28. The Kier molecular flexibility index (Phi) is 4.98.